The summed E-state index contributed by atoms with van der Waals surface area (Å²) >= 11 is 0. The van der Waals surface area contributed by atoms with E-state index in [9.17, 15) is 9.59 Å². The minimum atomic E-state index is -1.48. The van der Waals surface area contributed by atoms with Crippen LogP contribution in [0.15, 0.2) is 0 Å². The Labute approximate surface area is 221 Å². The zero-order valence-corrected chi connectivity index (χ0v) is 25.2. The van der Waals surface area contributed by atoms with Gasteiger partial charge in [-0.15, -0.1) is 0 Å². The summed E-state index contributed by atoms with van der Waals surface area (Å²) in [6.45, 7) is 14.6. The smallest absolute Gasteiger partial charge is 0.325 e. The summed E-state index contributed by atoms with van der Waals surface area (Å²) in [5, 5.41) is 2.71. The first-order valence-corrected chi connectivity index (χ1v) is 18.3. The maximum atomic E-state index is 12.3. The standard InChI is InChI=1S/C30H53NO4Si/c1-20(8-13-27(32)31-19-28(33)34-4)24-11-12-25-23-10-9-21-18-22(35-36(5,6)7)14-16-29(21,2)26(23)15-17-30(24,25)3/h20-26H,8-19H2,1-7H3,(H,31,32). The largest absolute Gasteiger partial charge is 0.468 e. The van der Waals surface area contributed by atoms with Gasteiger partial charge in [-0.25, -0.2) is 0 Å². The highest BCUT2D eigenvalue weighted by Crippen LogP contribution is 2.68. The van der Waals surface area contributed by atoms with Crippen LogP contribution in [0.1, 0.15) is 91.4 Å². The number of fused-ring (bicyclic) bond motifs is 5. The van der Waals surface area contributed by atoms with Crippen molar-refractivity contribution in [2.24, 2.45) is 46.3 Å². The van der Waals surface area contributed by atoms with Gasteiger partial charge in [0.2, 0.25) is 5.91 Å². The van der Waals surface area contributed by atoms with Gasteiger partial charge in [0.15, 0.2) is 8.32 Å². The SMILES string of the molecule is COC(=O)CNC(=O)CCC(C)C1CCC2C3CCC4CC(O[Si](C)(C)C)CCC4(C)C3CCC12C. The molecule has 6 heteroatoms. The zero-order chi connectivity index (χ0) is 26.3. The maximum absolute atomic E-state index is 12.3. The number of rotatable bonds is 8. The van der Waals surface area contributed by atoms with Crippen LogP contribution in [-0.4, -0.2) is 40.0 Å². The van der Waals surface area contributed by atoms with E-state index in [0.717, 1.165) is 30.1 Å². The maximum Gasteiger partial charge on any atom is 0.325 e. The number of methoxy groups -OCH3 is 1. The molecule has 0 aromatic rings. The van der Waals surface area contributed by atoms with Crippen LogP contribution in [-0.2, 0) is 18.8 Å². The lowest BCUT2D eigenvalue weighted by atomic mass is 9.44. The minimum absolute atomic E-state index is 0.0270. The van der Waals surface area contributed by atoms with Crippen molar-refractivity contribution >= 4 is 20.2 Å². The Bertz CT molecular complexity index is 811. The van der Waals surface area contributed by atoms with Crippen LogP contribution < -0.4 is 5.32 Å². The fourth-order valence-corrected chi connectivity index (χ4v) is 10.9. The fraction of sp³-hybridized carbons (Fsp3) is 0.933. The van der Waals surface area contributed by atoms with Gasteiger partial charge in [0, 0.05) is 12.5 Å². The molecule has 4 rings (SSSR count). The summed E-state index contributed by atoms with van der Waals surface area (Å²) in [6, 6.07) is 0. The monoisotopic (exact) mass is 519 g/mol. The van der Waals surface area contributed by atoms with Crippen LogP contribution in [0.2, 0.25) is 19.6 Å². The van der Waals surface area contributed by atoms with Gasteiger partial charge in [0.05, 0.1) is 7.11 Å². The van der Waals surface area contributed by atoms with Crippen LogP contribution in [0.3, 0.4) is 0 Å². The third-order valence-corrected chi connectivity index (χ3v) is 12.4. The van der Waals surface area contributed by atoms with Gasteiger partial charge in [-0.3, -0.25) is 9.59 Å². The zero-order valence-electron chi connectivity index (χ0n) is 24.2. The lowest BCUT2D eigenvalue weighted by Gasteiger charge is -2.61. The molecule has 0 aromatic heterocycles. The molecule has 4 fully saturated rings. The Morgan fingerprint density at radius 2 is 1.67 bits per heavy atom. The third-order valence-electron chi connectivity index (χ3n) is 11.4. The van der Waals surface area contributed by atoms with Gasteiger partial charge in [0.1, 0.15) is 6.54 Å². The lowest BCUT2D eigenvalue weighted by molar-refractivity contribution is -0.141. The predicted molar refractivity (Wildman–Crippen MR) is 147 cm³/mol. The molecule has 4 aliphatic rings. The summed E-state index contributed by atoms with van der Waals surface area (Å²) in [5.74, 6) is 4.31. The molecule has 0 saturated heterocycles. The number of ether oxygens (including phenoxy) is 1. The molecule has 9 atom stereocenters. The van der Waals surface area contributed by atoms with E-state index in [4.69, 9.17) is 4.43 Å². The van der Waals surface area contributed by atoms with Crippen LogP contribution in [0.25, 0.3) is 0 Å². The predicted octanol–water partition coefficient (Wildman–Crippen LogP) is 6.57. The Morgan fingerprint density at radius 1 is 0.972 bits per heavy atom. The number of nitrogens with one attached hydrogen (secondary N) is 1. The molecule has 0 heterocycles. The average molecular weight is 520 g/mol. The van der Waals surface area contributed by atoms with E-state index >= 15 is 0 Å². The fourth-order valence-electron chi connectivity index (χ4n) is 9.69. The summed E-state index contributed by atoms with van der Waals surface area (Å²) in [4.78, 5) is 23.6. The van der Waals surface area contributed by atoms with Crippen molar-refractivity contribution < 1.29 is 18.8 Å². The molecule has 206 valence electrons. The molecule has 36 heavy (non-hydrogen) atoms. The van der Waals surface area contributed by atoms with E-state index in [0.29, 0.717) is 35.2 Å². The van der Waals surface area contributed by atoms with Gasteiger partial charge in [-0.2, -0.15) is 0 Å². The van der Waals surface area contributed by atoms with Crippen molar-refractivity contribution in [3.8, 4) is 0 Å². The van der Waals surface area contributed by atoms with Crippen molar-refractivity contribution in [2.45, 2.75) is 117 Å². The number of carbonyl (C=O) groups excluding carboxylic acids is 2. The molecule has 0 radical (unpaired) electrons. The normalized spacial score (nSPS) is 41.0. The Hall–Kier alpha value is -0.883. The van der Waals surface area contributed by atoms with E-state index in [1.54, 1.807) is 0 Å². The average Bonchev–Trinajstić information content (AvgIpc) is 3.17. The van der Waals surface area contributed by atoms with Crippen LogP contribution in [0.5, 0.6) is 0 Å². The van der Waals surface area contributed by atoms with Crippen molar-refractivity contribution in [1.29, 1.82) is 0 Å². The molecular weight excluding hydrogens is 466 g/mol. The van der Waals surface area contributed by atoms with E-state index < -0.39 is 8.32 Å². The number of amides is 1. The molecule has 9 unspecified atom stereocenters. The van der Waals surface area contributed by atoms with Gasteiger partial charge in [0.25, 0.3) is 0 Å². The van der Waals surface area contributed by atoms with Gasteiger partial charge < -0.3 is 14.5 Å². The molecular formula is C30H53NO4Si. The Kier molecular flexibility index (Phi) is 8.37. The lowest BCUT2D eigenvalue weighted by Crippen LogP contribution is -2.54. The number of hydrogen-bond donors (Lipinski definition) is 1. The summed E-state index contributed by atoms with van der Waals surface area (Å²) in [7, 11) is -0.127. The molecule has 0 aromatic carbocycles. The molecule has 0 spiro atoms. The quantitative estimate of drug-likeness (QED) is 0.291. The van der Waals surface area contributed by atoms with Crippen LogP contribution in [0, 0.1) is 46.3 Å². The molecule has 1 N–H and O–H groups in total. The highest BCUT2D eigenvalue weighted by molar-refractivity contribution is 6.69. The second-order valence-electron chi connectivity index (χ2n) is 14.4. The first kappa shape index (κ1) is 28.1. The van der Waals surface area contributed by atoms with Crippen molar-refractivity contribution in [3.63, 3.8) is 0 Å². The molecule has 4 aliphatic carbocycles. The van der Waals surface area contributed by atoms with E-state index in [1.165, 1.54) is 64.9 Å². The molecule has 5 nitrogen and oxygen atoms in total. The van der Waals surface area contributed by atoms with Gasteiger partial charge in [-0.1, -0.05) is 20.8 Å². The van der Waals surface area contributed by atoms with E-state index in [2.05, 4.69) is 50.5 Å². The van der Waals surface area contributed by atoms with Crippen LogP contribution >= 0.6 is 0 Å². The molecule has 0 bridgehead atoms. The number of esters is 1. The molecule has 4 saturated carbocycles. The van der Waals surface area contributed by atoms with E-state index in [-0.39, 0.29) is 18.4 Å². The second kappa shape index (κ2) is 10.7. The van der Waals surface area contributed by atoms with Crippen molar-refractivity contribution in [2.75, 3.05) is 13.7 Å². The molecule has 1 amide bonds. The highest BCUT2D eigenvalue weighted by atomic mass is 28.4. The van der Waals surface area contributed by atoms with Gasteiger partial charge in [-0.05, 0) is 130 Å². The Morgan fingerprint density at radius 3 is 2.36 bits per heavy atom. The van der Waals surface area contributed by atoms with Crippen molar-refractivity contribution in [1.82, 2.24) is 5.32 Å². The van der Waals surface area contributed by atoms with Crippen LogP contribution in [0.4, 0.5) is 0 Å². The first-order valence-electron chi connectivity index (χ1n) is 14.9. The number of hydrogen-bond acceptors (Lipinski definition) is 4. The minimum Gasteiger partial charge on any atom is -0.468 e. The highest BCUT2D eigenvalue weighted by Gasteiger charge is 2.60. The summed E-state index contributed by atoms with van der Waals surface area (Å²) in [5.41, 5.74) is 0.926. The third kappa shape index (κ3) is 5.60. The topological polar surface area (TPSA) is 64.6 Å². The second-order valence-corrected chi connectivity index (χ2v) is 18.8. The van der Waals surface area contributed by atoms with Crippen molar-refractivity contribution in [3.05, 3.63) is 0 Å². The Balaban J connectivity index is 1.36. The number of carbonyl (C=O) groups is 2. The van der Waals surface area contributed by atoms with Gasteiger partial charge >= 0.3 is 5.97 Å². The molecule has 0 aliphatic heterocycles. The summed E-state index contributed by atoms with van der Waals surface area (Å²) < 4.78 is 11.2. The first-order chi connectivity index (χ1) is 16.9. The van der Waals surface area contributed by atoms with E-state index in [1.807, 2.05) is 0 Å². The summed E-state index contributed by atoms with van der Waals surface area (Å²) in [6.07, 6.45) is 14.1.